The molecule has 1 aromatic carbocycles. The Morgan fingerprint density at radius 3 is 2.84 bits per heavy atom. The van der Waals surface area contributed by atoms with Gasteiger partial charge in [0.05, 0.1) is 19.1 Å². The smallest absolute Gasteiger partial charge is 0.309 e. The Bertz CT molecular complexity index is 617. The molecule has 0 saturated carbocycles. The average molecular weight is 260 g/mol. The van der Waals surface area contributed by atoms with E-state index in [0.717, 1.165) is 16.9 Å². The van der Waals surface area contributed by atoms with E-state index in [1.807, 2.05) is 32.2 Å². The van der Waals surface area contributed by atoms with Crippen molar-refractivity contribution < 1.29 is 14.6 Å². The average Bonchev–Trinajstić information content (AvgIpc) is 2.70. The van der Waals surface area contributed by atoms with Crippen LogP contribution in [0.2, 0.25) is 0 Å². The molecule has 0 aliphatic carbocycles. The molecule has 1 N–H and O–H groups in total. The molecule has 0 spiro atoms. The first kappa shape index (κ1) is 13.1. The molecule has 2 rings (SSSR count). The quantitative estimate of drug-likeness (QED) is 0.913. The molecule has 0 aliphatic rings. The van der Waals surface area contributed by atoms with Crippen LogP contribution in [-0.4, -0.2) is 27.7 Å². The van der Waals surface area contributed by atoms with Crippen molar-refractivity contribution in [3.05, 3.63) is 35.7 Å². The third-order valence-corrected chi connectivity index (χ3v) is 3.01. The van der Waals surface area contributed by atoms with Crippen molar-refractivity contribution in [1.29, 1.82) is 0 Å². The van der Waals surface area contributed by atoms with Crippen molar-refractivity contribution in [1.82, 2.24) is 9.55 Å². The molecule has 0 aliphatic heterocycles. The number of aliphatic carboxylic acids is 1. The Kier molecular flexibility index (Phi) is 3.55. The fourth-order valence-electron chi connectivity index (χ4n) is 2.01. The number of ether oxygens (including phenoxy) is 1. The van der Waals surface area contributed by atoms with Gasteiger partial charge in [-0.15, -0.1) is 0 Å². The SMILES string of the molecule is COc1ccc(C)cc1-c1ncc(CC(=O)O)n1C. The number of carboxylic acids is 1. The maximum atomic E-state index is 10.8. The summed E-state index contributed by atoms with van der Waals surface area (Å²) < 4.78 is 7.11. The van der Waals surface area contributed by atoms with Crippen LogP contribution in [0.1, 0.15) is 11.3 Å². The van der Waals surface area contributed by atoms with E-state index < -0.39 is 5.97 Å². The highest BCUT2D eigenvalue weighted by molar-refractivity contribution is 5.71. The number of benzene rings is 1. The van der Waals surface area contributed by atoms with Crippen LogP contribution >= 0.6 is 0 Å². The Labute approximate surface area is 111 Å². The first-order valence-corrected chi connectivity index (χ1v) is 5.90. The van der Waals surface area contributed by atoms with Crippen LogP contribution in [0.25, 0.3) is 11.4 Å². The van der Waals surface area contributed by atoms with Crippen molar-refractivity contribution in [2.24, 2.45) is 7.05 Å². The number of methoxy groups -OCH3 is 1. The van der Waals surface area contributed by atoms with E-state index in [9.17, 15) is 4.79 Å². The van der Waals surface area contributed by atoms with Gasteiger partial charge >= 0.3 is 5.97 Å². The number of aryl methyl sites for hydroxylation is 1. The van der Waals surface area contributed by atoms with Crippen LogP contribution < -0.4 is 4.74 Å². The largest absolute Gasteiger partial charge is 0.496 e. The lowest BCUT2D eigenvalue weighted by molar-refractivity contribution is -0.136. The van der Waals surface area contributed by atoms with Crippen LogP contribution in [0.15, 0.2) is 24.4 Å². The molecule has 0 bridgehead atoms. The number of rotatable bonds is 4. The molecule has 1 heterocycles. The highest BCUT2D eigenvalue weighted by Crippen LogP contribution is 2.30. The summed E-state index contributed by atoms with van der Waals surface area (Å²) in [6.45, 7) is 1.99. The zero-order chi connectivity index (χ0) is 14.0. The van der Waals surface area contributed by atoms with E-state index in [0.29, 0.717) is 11.5 Å². The van der Waals surface area contributed by atoms with Gasteiger partial charge in [-0.3, -0.25) is 4.79 Å². The van der Waals surface area contributed by atoms with Crippen LogP contribution in [0.3, 0.4) is 0 Å². The molecule has 1 aromatic heterocycles. The summed E-state index contributed by atoms with van der Waals surface area (Å²) in [6, 6.07) is 5.82. The second kappa shape index (κ2) is 5.14. The molecule has 2 aromatic rings. The number of aromatic nitrogens is 2. The Morgan fingerprint density at radius 1 is 1.47 bits per heavy atom. The van der Waals surface area contributed by atoms with Gasteiger partial charge in [0.25, 0.3) is 0 Å². The minimum Gasteiger partial charge on any atom is -0.496 e. The Balaban J connectivity index is 2.50. The summed E-state index contributed by atoms with van der Waals surface area (Å²) in [5, 5.41) is 8.85. The van der Waals surface area contributed by atoms with Gasteiger partial charge in [-0.05, 0) is 19.1 Å². The second-order valence-corrected chi connectivity index (χ2v) is 4.41. The molecule has 0 amide bonds. The van der Waals surface area contributed by atoms with Crippen molar-refractivity contribution in [2.45, 2.75) is 13.3 Å². The predicted molar refractivity (Wildman–Crippen MR) is 71.3 cm³/mol. The maximum Gasteiger partial charge on any atom is 0.309 e. The number of carbonyl (C=O) groups is 1. The zero-order valence-corrected chi connectivity index (χ0v) is 11.2. The molecule has 0 fully saturated rings. The first-order chi connectivity index (χ1) is 9.02. The zero-order valence-electron chi connectivity index (χ0n) is 11.2. The van der Waals surface area contributed by atoms with Gasteiger partial charge in [0, 0.05) is 18.9 Å². The lowest BCUT2D eigenvalue weighted by Crippen LogP contribution is -2.06. The summed E-state index contributed by atoms with van der Waals surface area (Å²) >= 11 is 0. The Morgan fingerprint density at radius 2 is 2.21 bits per heavy atom. The van der Waals surface area contributed by atoms with Gasteiger partial charge in [-0.2, -0.15) is 0 Å². The van der Waals surface area contributed by atoms with Crippen molar-refractivity contribution in [3.8, 4) is 17.1 Å². The molecule has 0 saturated heterocycles. The molecule has 5 nitrogen and oxygen atoms in total. The normalized spacial score (nSPS) is 10.5. The third-order valence-electron chi connectivity index (χ3n) is 3.01. The summed E-state index contributed by atoms with van der Waals surface area (Å²) in [5.74, 6) is 0.559. The van der Waals surface area contributed by atoms with E-state index in [-0.39, 0.29) is 6.42 Å². The van der Waals surface area contributed by atoms with Gasteiger partial charge < -0.3 is 14.4 Å². The molecule has 100 valence electrons. The number of imidazole rings is 1. The van der Waals surface area contributed by atoms with Crippen molar-refractivity contribution in [3.63, 3.8) is 0 Å². The summed E-state index contributed by atoms with van der Waals surface area (Å²) in [5.41, 5.74) is 2.62. The lowest BCUT2D eigenvalue weighted by atomic mass is 10.1. The standard InChI is InChI=1S/C14H16N2O3/c1-9-4-5-12(19-3)11(6-9)14-15-8-10(16(14)2)7-13(17)18/h4-6,8H,7H2,1-3H3,(H,17,18). The van der Waals surface area contributed by atoms with Crippen LogP contribution in [-0.2, 0) is 18.3 Å². The van der Waals surface area contributed by atoms with E-state index in [1.165, 1.54) is 0 Å². The number of hydrogen-bond donors (Lipinski definition) is 1. The molecule has 0 unspecified atom stereocenters. The molecular formula is C14H16N2O3. The van der Waals surface area contributed by atoms with Gasteiger partial charge in [0.2, 0.25) is 0 Å². The number of hydrogen-bond acceptors (Lipinski definition) is 3. The first-order valence-electron chi connectivity index (χ1n) is 5.90. The van der Waals surface area contributed by atoms with Gasteiger partial charge in [0.15, 0.2) is 0 Å². The minimum atomic E-state index is -0.870. The second-order valence-electron chi connectivity index (χ2n) is 4.41. The van der Waals surface area contributed by atoms with Gasteiger partial charge in [0.1, 0.15) is 11.6 Å². The highest BCUT2D eigenvalue weighted by Gasteiger charge is 2.14. The lowest BCUT2D eigenvalue weighted by Gasteiger charge is -2.10. The highest BCUT2D eigenvalue weighted by atomic mass is 16.5. The van der Waals surface area contributed by atoms with E-state index in [1.54, 1.807) is 17.9 Å². The van der Waals surface area contributed by atoms with Crippen LogP contribution in [0.4, 0.5) is 0 Å². The van der Waals surface area contributed by atoms with E-state index in [2.05, 4.69) is 4.98 Å². The Hall–Kier alpha value is -2.30. The van der Waals surface area contributed by atoms with Crippen molar-refractivity contribution in [2.75, 3.05) is 7.11 Å². The topological polar surface area (TPSA) is 64.3 Å². The molecular weight excluding hydrogens is 244 g/mol. The van der Waals surface area contributed by atoms with Gasteiger partial charge in [-0.25, -0.2) is 4.98 Å². The van der Waals surface area contributed by atoms with Crippen LogP contribution in [0, 0.1) is 6.92 Å². The monoisotopic (exact) mass is 260 g/mol. The predicted octanol–water partition coefficient (Wildman–Crippen LogP) is 2.03. The molecule has 19 heavy (non-hydrogen) atoms. The molecule has 5 heteroatoms. The molecule has 0 atom stereocenters. The molecule has 0 radical (unpaired) electrons. The fourth-order valence-corrected chi connectivity index (χ4v) is 2.01. The number of nitrogens with zero attached hydrogens (tertiary/aromatic N) is 2. The summed E-state index contributed by atoms with van der Waals surface area (Å²) in [4.78, 5) is 15.1. The minimum absolute atomic E-state index is 0.0440. The van der Waals surface area contributed by atoms with E-state index in [4.69, 9.17) is 9.84 Å². The van der Waals surface area contributed by atoms with E-state index >= 15 is 0 Å². The summed E-state index contributed by atoms with van der Waals surface area (Å²) in [7, 11) is 3.41. The van der Waals surface area contributed by atoms with Gasteiger partial charge in [-0.1, -0.05) is 11.6 Å². The van der Waals surface area contributed by atoms with Crippen LogP contribution in [0.5, 0.6) is 5.75 Å². The van der Waals surface area contributed by atoms with Crippen molar-refractivity contribution >= 4 is 5.97 Å². The fraction of sp³-hybridized carbons (Fsp3) is 0.286. The number of carboxylic acid groups (broad SMARTS) is 1. The third kappa shape index (κ3) is 2.59. The summed E-state index contributed by atoms with van der Waals surface area (Å²) in [6.07, 6.45) is 1.54. The maximum absolute atomic E-state index is 10.8.